The summed E-state index contributed by atoms with van der Waals surface area (Å²) in [6.45, 7) is 0.165. The predicted molar refractivity (Wildman–Crippen MR) is 204 cm³/mol. The maximum Gasteiger partial charge on any atom is 0.338 e. The average Bonchev–Trinajstić information content (AvgIpc) is 3.22. The number of esters is 1. The third-order valence-corrected chi connectivity index (χ3v) is 10.1. The fraction of sp³-hybridized carbons (Fsp3) is 0.238. The van der Waals surface area contributed by atoms with Crippen LogP contribution in [0.15, 0.2) is 126 Å². The van der Waals surface area contributed by atoms with Gasteiger partial charge in [-0.05, 0) is 57.6 Å². The topological polar surface area (TPSA) is 156 Å². The van der Waals surface area contributed by atoms with Crippen molar-refractivity contribution in [1.82, 2.24) is 15.6 Å². The summed E-state index contributed by atoms with van der Waals surface area (Å²) < 4.78 is 18.0. The number of ether oxygens (including phenoxy) is 3. The van der Waals surface area contributed by atoms with Crippen molar-refractivity contribution < 1.29 is 38.8 Å². The molecule has 0 spiro atoms. The van der Waals surface area contributed by atoms with Gasteiger partial charge in [0.05, 0.1) is 31.5 Å². The van der Waals surface area contributed by atoms with E-state index in [9.17, 15) is 24.6 Å². The van der Waals surface area contributed by atoms with Crippen molar-refractivity contribution in [2.24, 2.45) is 0 Å². The molecule has 54 heavy (non-hydrogen) atoms. The fourth-order valence-corrected chi connectivity index (χ4v) is 7.17. The highest BCUT2D eigenvalue weighted by Gasteiger charge is 2.33. The summed E-state index contributed by atoms with van der Waals surface area (Å²) in [6.07, 6.45) is 1.07. The molecule has 1 aliphatic rings. The van der Waals surface area contributed by atoms with Gasteiger partial charge < -0.3 is 35.1 Å². The minimum absolute atomic E-state index is 0.0609. The highest BCUT2D eigenvalue weighted by atomic mass is 32.2. The van der Waals surface area contributed by atoms with Gasteiger partial charge in [0.1, 0.15) is 11.1 Å². The predicted octanol–water partition coefficient (Wildman–Crippen LogP) is 6.86. The number of thioether (sulfide) groups is 1. The third kappa shape index (κ3) is 10.1. The van der Waals surface area contributed by atoms with E-state index in [1.807, 2.05) is 103 Å². The summed E-state index contributed by atoms with van der Waals surface area (Å²) in [7, 11) is 1.29. The number of rotatable bonds is 14. The zero-order valence-electron chi connectivity index (χ0n) is 29.6. The first-order chi connectivity index (χ1) is 26.3. The van der Waals surface area contributed by atoms with Crippen LogP contribution in [-0.4, -0.2) is 58.2 Å². The first-order valence-corrected chi connectivity index (χ1v) is 18.4. The Kier molecular flexibility index (Phi) is 13.1. The number of carbonyl (C=O) groups excluding carboxylic acids is 2. The van der Waals surface area contributed by atoms with Crippen LogP contribution < -0.4 is 10.6 Å². The van der Waals surface area contributed by atoms with E-state index < -0.39 is 30.3 Å². The number of aliphatic hydroxyl groups excluding tert-OH is 1. The number of pyridine rings is 1. The summed E-state index contributed by atoms with van der Waals surface area (Å²) >= 11 is 1.33. The quantitative estimate of drug-likeness (QED) is 0.0699. The van der Waals surface area contributed by atoms with Gasteiger partial charge in [-0.15, -0.1) is 11.8 Å². The second-order valence-corrected chi connectivity index (χ2v) is 13.7. The Morgan fingerprint density at radius 3 is 2.33 bits per heavy atom. The number of benzene rings is 4. The van der Waals surface area contributed by atoms with Gasteiger partial charge in [-0.2, -0.15) is 0 Å². The first-order valence-electron chi connectivity index (χ1n) is 17.5. The number of aromatic nitrogens is 1. The van der Waals surface area contributed by atoms with Crippen molar-refractivity contribution in [3.8, 4) is 11.1 Å². The van der Waals surface area contributed by atoms with Crippen LogP contribution in [0.5, 0.6) is 0 Å². The van der Waals surface area contributed by atoms with Crippen molar-refractivity contribution in [3.63, 3.8) is 0 Å². The summed E-state index contributed by atoms with van der Waals surface area (Å²) in [5.41, 5.74) is 6.27. The van der Waals surface area contributed by atoms with Gasteiger partial charge in [-0.3, -0.25) is 0 Å². The molecule has 0 saturated carbocycles. The standard InChI is InChI=1S/C42H41N3O8S/c1-51-40(49)36(21-27-8-3-2-4-9-27)45-42(50)44-24-29-10-5-11-31(20-29)32-12-6-13-33(22-32)41-52-34(26-54-38-35(39(47)48)14-7-19-43-38)23-37(53-41)30-17-15-28(25-46)16-18-30/h2-20,22,34,36-37,41,46H,21,23-26H2,1H3,(H,47,48)(H2,44,45,50)/t34-,36-,37+,41+/m0/s1. The Morgan fingerprint density at radius 1 is 0.852 bits per heavy atom. The number of carboxylic acids is 1. The van der Waals surface area contributed by atoms with Crippen LogP contribution in [0, 0.1) is 0 Å². The number of carbonyl (C=O) groups is 3. The van der Waals surface area contributed by atoms with Crippen LogP contribution in [0.3, 0.4) is 0 Å². The number of nitrogens with zero attached hydrogens (tertiary/aromatic N) is 1. The van der Waals surface area contributed by atoms with Gasteiger partial charge in [0, 0.05) is 36.9 Å². The minimum Gasteiger partial charge on any atom is -0.478 e. The number of aromatic carboxylic acids is 1. The lowest BCUT2D eigenvalue weighted by atomic mass is 9.99. The molecule has 12 heteroatoms. The molecule has 0 aliphatic carbocycles. The van der Waals surface area contributed by atoms with Crippen molar-refractivity contribution in [1.29, 1.82) is 0 Å². The number of hydrogen-bond acceptors (Lipinski definition) is 9. The number of hydrogen-bond donors (Lipinski definition) is 4. The third-order valence-electron chi connectivity index (χ3n) is 8.97. The van der Waals surface area contributed by atoms with Crippen LogP contribution >= 0.6 is 11.8 Å². The second-order valence-electron chi connectivity index (χ2n) is 12.7. The van der Waals surface area contributed by atoms with Crippen LogP contribution in [0.2, 0.25) is 0 Å². The Labute approximate surface area is 317 Å². The molecule has 5 aromatic rings. The average molecular weight is 748 g/mol. The van der Waals surface area contributed by atoms with Crippen LogP contribution in [0.25, 0.3) is 11.1 Å². The fourth-order valence-electron chi connectivity index (χ4n) is 6.17. The molecule has 11 nitrogen and oxygen atoms in total. The Balaban J connectivity index is 1.15. The van der Waals surface area contributed by atoms with E-state index in [1.165, 1.54) is 24.9 Å². The van der Waals surface area contributed by atoms with Gasteiger partial charge in [-0.25, -0.2) is 19.4 Å². The van der Waals surface area contributed by atoms with Gasteiger partial charge in [0.15, 0.2) is 6.29 Å². The summed E-state index contributed by atoms with van der Waals surface area (Å²) in [6, 6.07) is 34.5. The zero-order valence-corrected chi connectivity index (χ0v) is 30.4. The van der Waals surface area contributed by atoms with Crippen LogP contribution in [0.4, 0.5) is 4.79 Å². The van der Waals surface area contributed by atoms with E-state index in [0.29, 0.717) is 23.6 Å². The molecule has 2 heterocycles. The lowest BCUT2D eigenvalue weighted by molar-refractivity contribution is -0.245. The molecule has 6 rings (SSSR count). The molecule has 4 aromatic carbocycles. The lowest BCUT2D eigenvalue weighted by Gasteiger charge is -2.36. The maximum atomic E-state index is 12.9. The van der Waals surface area contributed by atoms with Gasteiger partial charge in [0.2, 0.25) is 0 Å². The normalized spacial score (nSPS) is 17.3. The Bertz CT molecular complexity index is 2050. The van der Waals surface area contributed by atoms with E-state index in [-0.39, 0.29) is 30.9 Å². The molecule has 4 N–H and O–H groups in total. The molecule has 1 fully saturated rings. The molecule has 1 aliphatic heterocycles. The zero-order chi connectivity index (χ0) is 37.9. The van der Waals surface area contributed by atoms with Crippen molar-refractivity contribution in [2.45, 2.75) is 55.6 Å². The Hall–Kier alpha value is -5.53. The number of methoxy groups -OCH3 is 1. The second kappa shape index (κ2) is 18.5. The number of amides is 2. The summed E-state index contributed by atoms with van der Waals surface area (Å²) in [5.74, 6) is -1.11. The molecule has 1 aromatic heterocycles. The van der Waals surface area contributed by atoms with Gasteiger partial charge in [0.25, 0.3) is 0 Å². The highest BCUT2D eigenvalue weighted by molar-refractivity contribution is 7.99. The number of carboxylic acid groups (broad SMARTS) is 1. The monoisotopic (exact) mass is 747 g/mol. The van der Waals surface area contributed by atoms with E-state index in [1.54, 1.807) is 12.3 Å². The largest absolute Gasteiger partial charge is 0.478 e. The van der Waals surface area contributed by atoms with E-state index in [0.717, 1.165) is 38.9 Å². The first kappa shape index (κ1) is 38.2. The molecule has 0 unspecified atom stereocenters. The molecule has 1 saturated heterocycles. The van der Waals surface area contributed by atoms with Crippen molar-refractivity contribution >= 4 is 29.7 Å². The molecule has 278 valence electrons. The Morgan fingerprint density at radius 2 is 1.59 bits per heavy atom. The van der Waals surface area contributed by atoms with E-state index >= 15 is 0 Å². The van der Waals surface area contributed by atoms with Crippen LogP contribution in [-0.2, 0) is 38.6 Å². The van der Waals surface area contributed by atoms with Crippen LogP contribution in [0.1, 0.15) is 57.0 Å². The number of nitrogens with one attached hydrogen (secondary N) is 2. The molecule has 0 bridgehead atoms. The van der Waals surface area contributed by atoms with Gasteiger partial charge >= 0.3 is 18.0 Å². The van der Waals surface area contributed by atoms with Crippen molar-refractivity contribution in [3.05, 3.63) is 155 Å². The van der Waals surface area contributed by atoms with E-state index in [2.05, 4.69) is 15.6 Å². The SMILES string of the molecule is COC(=O)[C@H](Cc1ccccc1)NC(=O)NCc1cccc(-c2cccc([C@@H]3O[C@H](CSc4ncccc4C(=O)O)C[C@H](c4ccc(CO)cc4)O3)c2)c1. The minimum atomic E-state index is -1.04. The number of urea groups is 1. The molecular formula is C42H41N3O8S. The maximum absolute atomic E-state index is 12.9. The molecule has 4 atom stereocenters. The number of aliphatic hydroxyl groups is 1. The van der Waals surface area contributed by atoms with Crippen molar-refractivity contribution in [2.75, 3.05) is 12.9 Å². The summed E-state index contributed by atoms with van der Waals surface area (Å²) in [5, 5.41) is 25.2. The highest BCUT2D eigenvalue weighted by Crippen LogP contribution is 2.40. The molecule has 0 radical (unpaired) electrons. The van der Waals surface area contributed by atoms with E-state index in [4.69, 9.17) is 14.2 Å². The smallest absolute Gasteiger partial charge is 0.338 e. The molecular weight excluding hydrogens is 707 g/mol. The molecule has 2 amide bonds. The lowest BCUT2D eigenvalue weighted by Crippen LogP contribution is -2.47. The van der Waals surface area contributed by atoms with Gasteiger partial charge in [-0.1, -0.05) is 91.0 Å². The summed E-state index contributed by atoms with van der Waals surface area (Å²) in [4.78, 5) is 41.4.